The second-order valence-corrected chi connectivity index (χ2v) is 7.57. The van der Waals surface area contributed by atoms with Crippen LogP contribution in [0.3, 0.4) is 0 Å². The van der Waals surface area contributed by atoms with Crippen molar-refractivity contribution in [3.8, 4) is 0 Å². The van der Waals surface area contributed by atoms with Crippen molar-refractivity contribution in [2.45, 2.75) is 46.0 Å². The molecule has 0 atom stereocenters. The number of aryl methyl sites for hydroxylation is 4. The maximum atomic E-state index is 12.3. The van der Waals surface area contributed by atoms with Gasteiger partial charge in [-0.25, -0.2) is 4.98 Å². The lowest BCUT2D eigenvalue weighted by Gasteiger charge is -1.98. The zero-order valence-electron chi connectivity index (χ0n) is 11.8. The average Bonchev–Trinajstić information content (AvgIpc) is 2.87. The summed E-state index contributed by atoms with van der Waals surface area (Å²) in [6.45, 7) is 3.99. The summed E-state index contributed by atoms with van der Waals surface area (Å²) in [6.07, 6.45) is 6.05. The number of thiophene rings is 1. The standard InChI is InChI=1S/C15H18N2OS2/c1-9-10(2)19-15(16-9)17-14(18)13-8-11-6-4-3-5-7-12(11)20-13/h8H,3-7H2,1-2H3,(H,16,17,18). The maximum absolute atomic E-state index is 12.3. The van der Waals surface area contributed by atoms with Gasteiger partial charge in [0.05, 0.1) is 10.6 Å². The fourth-order valence-electron chi connectivity index (χ4n) is 2.46. The first-order chi connectivity index (χ1) is 9.63. The Morgan fingerprint density at radius 3 is 2.75 bits per heavy atom. The molecule has 0 spiro atoms. The SMILES string of the molecule is Cc1nc(NC(=O)c2cc3c(s2)CCCCC3)sc1C. The lowest BCUT2D eigenvalue weighted by molar-refractivity contribution is 0.103. The number of carbonyl (C=O) groups excluding carboxylic acids is 1. The second kappa shape index (κ2) is 5.66. The van der Waals surface area contributed by atoms with E-state index in [-0.39, 0.29) is 5.91 Å². The van der Waals surface area contributed by atoms with Gasteiger partial charge in [-0.3, -0.25) is 10.1 Å². The summed E-state index contributed by atoms with van der Waals surface area (Å²) in [4.78, 5) is 20.0. The first-order valence-corrected chi connectivity index (χ1v) is 8.64. The molecule has 1 N–H and O–H groups in total. The highest BCUT2D eigenvalue weighted by molar-refractivity contribution is 7.16. The lowest BCUT2D eigenvalue weighted by atomic mass is 10.1. The zero-order valence-corrected chi connectivity index (χ0v) is 13.4. The average molecular weight is 306 g/mol. The maximum Gasteiger partial charge on any atom is 0.267 e. The van der Waals surface area contributed by atoms with E-state index in [2.05, 4.69) is 16.4 Å². The van der Waals surface area contributed by atoms with Crippen LogP contribution < -0.4 is 5.32 Å². The van der Waals surface area contributed by atoms with Crippen molar-refractivity contribution >= 4 is 33.7 Å². The summed E-state index contributed by atoms with van der Waals surface area (Å²) in [5.74, 6) is -0.0168. The van der Waals surface area contributed by atoms with Gasteiger partial charge >= 0.3 is 0 Å². The Morgan fingerprint density at radius 1 is 1.20 bits per heavy atom. The molecule has 1 amide bonds. The predicted molar refractivity (Wildman–Crippen MR) is 85.1 cm³/mol. The summed E-state index contributed by atoms with van der Waals surface area (Å²) in [6, 6.07) is 2.08. The minimum Gasteiger partial charge on any atom is -0.297 e. The van der Waals surface area contributed by atoms with Gasteiger partial charge in [0.15, 0.2) is 5.13 Å². The van der Waals surface area contributed by atoms with Crippen LogP contribution >= 0.6 is 22.7 Å². The van der Waals surface area contributed by atoms with Crippen molar-refractivity contribution in [1.82, 2.24) is 4.98 Å². The van der Waals surface area contributed by atoms with Crippen LogP contribution in [0.2, 0.25) is 0 Å². The number of nitrogens with zero attached hydrogens (tertiary/aromatic N) is 1. The van der Waals surface area contributed by atoms with Crippen molar-refractivity contribution in [2.24, 2.45) is 0 Å². The number of hydrogen-bond donors (Lipinski definition) is 1. The third-order valence-corrected chi connectivity index (χ3v) is 5.94. The normalized spacial score (nSPS) is 14.7. The van der Waals surface area contributed by atoms with Crippen molar-refractivity contribution in [2.75, 3.05) is 5.32 Å². The Kier molecular flexibility index (Phi) is 3.89. The molecule has 2 heterocycles. The van der Waals surface area contributed by atoms with E-state index in [0.29, 0.717) is 5.13 Å². The number of aromatic nitrogens is 1. The highest BCUT2D eigenvalue weighted by atomic mass is 32.1. The molecule has 106 valence electrons. The van der Waals surface area contributed by atoms with Gasteiger partial charge in [-0.05, 0) is 51.2 Å². The number of fused-ring (bicyclic) bond motifs is 1. The van der Waals surface area contributed by atoms with Crippen LogP contribution in [0.15, 0.2) is 6.07 Å². The molecule has 0 aromatic carbocycles. The predicted octanol–water partition coefficient (Wildman–Crippen LogP) is 4.34. The molecule has 2 aromatic heterocycles. The van der Waals surface area contributed by atoms with Crippen LogP contribution in [-0.2, 0) is 12.8 Å². The van der Waals surface area contributed by atoms with Gasteiger partial charge in [0.1, 0.15) is 0 Å². The molecule has 0 saturated carbocycles. The molecule has 0 unspecified atom stereocenters. The molecule has 0 fully saturated rings. The quantitative estimate of drug-likeness (QED) is 0.838. The van der Waals surface area contributed by atoms with E-state index < -0.39 is 0 Å². The van der Waals surface area contributed by atoms with Gasteiger partial charge in [-0.15, -0.1) is 22.7 Å². The fraction of sp³-hybridized carbons (Fsp3) is 0.467. The monoisotopic (exact) mass is 306 g/mol. The summed E-state index contributed by atoms with van der Waals surface area (Å²) in [7, 11) is 0. The van der Waals surface area contributed by atoms with Gasteiger partial charge in [0.2, 0.25) is 0 Å². The summed E-state index contributed by atoms with van der Waals surface area (Å²) < 4.78 is 0. The van der Waals surface area contributed by atoms with Crippen molar-refractivity contribution in [1.29, 1.82) is 0 Å². The minimum absolute atomic E-state index is 0.0168. The molecular weight excluding hydrogens is 288 g/mol. The van der Waals surface area contributed by atoms with E-state index in [4.69, 9.17) is 0 Å². The van der Waals surface area contributed by atoms with Crippen LogP contribution in [0.5, 0.6) is 0 Å². The van der Waals surface area contributed by atoms with Crippen LogP contribution in [0.1, 0.15) is 49.9 Å². The number of thiazole rings is 1. The first-order valence-electron chi connectivity index (χ1n) is 7.00. The van der Waals surface area contributed by atoms with Crippen molar-refractivity contribution < 1.29 is 4.79 Å². The second-order valence-electron chi connectivity index (χ2n) is 5.23. The molecule has 20 heavy (non-hydrogen) atoms. The number of hydrogen-bond acceptors (Lipinski definition) is 4. The molecule has 5 heteroatoms. The van der Waals surface area contributed by atoms with Crippen LogP contribution in [0.4, 0.5) is 5.13 Å². The van der Waals surface area contributed by atoms with Gasteiger partial charge in [-0.2, -0.15) is 0 Å². The minimum atomic E-state index is -0.0168. The Bertz CT molecular complexity index is 599. The molecule has 3 nitrogen and oxygen atoms in total. The van der Waals surface area contributed by atoms with E-state index in [0.717, 1.165) is 28.3 Å². The molecule has 0 bridgehead atoms. The number of amides is 1. The fourth-order valence-corrected chi connectivity index (χ4v) is 4.42. The number of anilines is 1. The molecule has 3 rings (SSSR count). The summed E-state index contributed by atoms with van der Waals surface area (Å²) in [5.41, 5.74) is 2.37. The Labute approximate surface area is 127 Å². The third kappa shape index (κ3) is 2.79. The Balaban J connectivity index is 1.77. The van der Waals surface area contributed by atoms with Crippen LogP contribution in [0, 0.1) is 13.8 Å². The van der Waals surface area contributed by atoms with Crippen LogP contribution in [0.25, 0.3) is 0 Å². The third-order valence-electron chi connectivity index (χ3n) is 3.72. The molecular formula is C15H18N2OS2. The van der Waals surface area contributed by atoms with E-state index in [1.165, 1.54) is 41.0 Å². The Morgan fingerprint density at radius 2 is 2.00 bits per heavy atom. The summed E-state index contributed by atoms with van der Waals surface area (Å²) in [5, 5.41) is 3.63. The number of carbonyl (C=O) groups is 1. The zero-order chi connectivity index (χ0) is 14.1. The largest absolute Gasteiger partial charge is 0.297 e. The topological polar surface area (TPSA) is 42.0 Å². The van der Waals surface area contributed by atoms with Gasteiger partial charge in [-0.1, -0.05) is 6.42 Å². The van der Waals surface area contributed by atoms with E-state index in [1.54, 1.807) is 11.3 Å². The highest BCUT2D eigenvalue weighted by Crippen LogP contribution is 2.30. The Hall–Kier alpha value is -1.20. The lowest BCUT2D eigenvalue weighted by Crippen LogP contribution is -2.09. The molecule has 0 saturated heterocycles. The van der Waals surface area contributed by atoms with Gasteiger partial charge in [0, 0.05) is 9.75 Å². The van der Waals surface area contributed by atoms with Crippen molar-refractivity contribution in [3.63, 3.8) is 0 Å². The van der Waals surface area contributed by atoms with Gasteiger partial charge < -0.3 is 0 Å². The van der Waals surface area contributed by atoms with E-state index in [9.17, 15) is 4.79 Å². The molecule has 2 aromatic rings. The van der Waals surface area contributed by atoms with E-state index in [1.807, 2.05) is 13.8 Å². The number of nitrogens with one attached hydrogen (secondary N) is 1. The number of rotatable bonds is 2. The highest BCUT2D eigenvalue weighted by Gasteiger charge is 2.17. The smallest absolute Gasteiger partial charge is 0.267 e. The molecule has 0 radical (unpaired) electrons. The molecule has 1 aliphatic carbocycles. The van der Waals surface area contributed by atoms with Crippen LogP contribution in [-0.4, -0.2) is 10.9 Å². The van der Waals surface area contributed by atoms with E-state index >= 15 is 0 Å². The summed E-state index contributed by atoms with van der Waals surface area (Å²) >= 11 is 3.19. The first kappa shape index (κ1) is 13.8. The van der Waals surface area contributed by atoms with Gasteiger partial charge in [0.25, 0.3) is 5.91 Å². The van der Waals surface area contributed by atoms with Crippen molar-refractivity contribution in [3.05, 3.63) is 32.0 Å². The molecule has 0 aliphatic heterocycles. The molecule has 1 aliphatic rings.